The van der Waals surface area contributed by atoms with Gasteiger partial charge in [0.05, 0.1) is 5.56 Å². The summed E-state index contributed by atoms with van der Waals surface area (Å²) in [7, 11) is 0. The first kappa shape index (κ1) is 11.8. The number of hydrogen-bond acceptors (Lipinski definition) is 1. The molecule has 0 aliphatic carbocycles. The van der Waals surface area contributed by atoms with Gasteiger partial charge in [0.2, 0.25) is 0 Å². The van der Waals surface area contributed by atoms with Crippen LogP contribution in [0, 0.1) is 0 Å². The van der Waals surface area contributed by atoms with Crippen molar-refractivity contribution in [2.45, 2.75) is 39.5 Å². The first-order valence-corrected chi connectivity index (χ1v) is 5.54. The summed E-state index contributed by atoms with van der Waals surface area (Å²) in [5, 5.41) is 9.08. The van der Waals surface area contributed by atoms with Crippen LogP contribution in [0.3, 0.4) is 0 Å². The molecule has 0 aromatic heterocycles. The highest BCUT2D eigenvalue weighted by atomic mass is 16.4. The molecular formula is C13H18O2. The molecule has 0 saturated carbocycles. The summed E-state index contributed by atoms with van der Waals surface area (Å²) in [5.74, 6) is -0.809. The standard InChI is InChI=1S/C13H18O2/c1-3-5-8-11-10(4-2)7-6-9-12(11)13(14)15/h6-7,9H,3-5,8H2,1-2H3,(H,14,15). The van der Waals surface area contributed by atoms with E-state index in [0.29, 0.717) is 5.56 Å². The number of unbranched alkanes of at least 4 members (excludes halogenated alkanes) is 1. The van der Waals surface area contributed by atoms with Crippen LogP contribution in [0.1, 0.15) is 48.2 Å². The molecule has 0 radical (unpaired) electrons. The molecule has 1 aromatic carbocycles. The molecule has 0 bridgehead atoms. The second-order valence-corrected chi connectivity index (χ2v) is 3.71. The van der Waals surface area contributed by atoms with Crippen molar-refractivity contribution in [2.24, 2.45) is 0 Å². The van der Waals surface area contributed by atoms with Gasteiger partial charge in [-0.25, -0.2) is 4.79 Å². The Balaban J connectivity index is 3.08. The molecule has 0 saturated heterocycles. The lowest BCUT2D eigenvalue weighted by molar-refractivity contribution is 0.0695. The van der Waals surface area contributed by atoms with Gasteiger partial charge in [-0.1, -0.05) is 32.4 Å². The van der Waals surface area contributed by atoms with E-state index in [1.54, 1.807) is 6.07 Å². The molecule has 0 heterocycles. The van der Waals surface area contributed by atoms with Crippen LogP contribution in [-0.2, 0) is 12.8 Å². The van der Waals surface area contributed by atoms with Crippen LogP contribution in [0.5, 0.6) is 0 Å². The first-order chi connectivity index (χ1) is 7.20. The number of hydrogen-bond donors (Lipinski definition) is 1. The van der Waals surface area contributed by atoms with Gasteiger partial charge in [0.15, 0.2) is 0 Å². The van der Waals surface area contributed by atoms with Crippen LogP contribution in [0.25, 0.3) is 0 Å². The second-order valence-electron chi connectivity index (χ2n) is 3.71. The third kappa shape index (κ3) is 2.82. The fourth-order valence-corrected chi connectivity index (χ4v) is 1.82. The molecule has 2 heteroatoms. The summed E-state index contributed by atoms with van der Waals surface area (Å²) in [5.41, 5.74) is 2.67. The van der Waals surface area contributed by atoms with Crippen LogP contribution >= 0.6 is 0 Å². The fraction of sp³-hybridized carbons (Fsp3) is 0.462. The van der Waals surface area contributed by atoms with E-state index in [-0.39, 0.29) is 0 Å². The van der Waals surface area contributed by atoms with Crippen LogP contribution in [0.4, 0.5) is 0 Å². The maximum Gasteiger partial charge on any atom is 0.335 e. The van der Waals surface area contributed by atoms with Gasteiger partial charge in [-0.15, -0.1) is 0 Å². The Bertz CT molecular complexity index is 342. The SMILES string of the molecule is CCCCc1c(CC)cccc1C(=O)O. The quantitative estimate of drug-likeness (QED) is 0.802. The molecule has 0 aliphatic rings. The summed E-state index contributed by atoms with van der Waals surface area (Å²) in [6.45, 7) is 4.19. The van der Waals surface area contributed by atoms with E-state index in [4.69, 9.17) is 5.11 Å². The smallest absolute Gasteiger partial charge is 0.335 e. The van der Waals surface area contributed by atoms with Crippen molar-refractivity contribution < 1.29 is 9.90 Å². The molecule has 0 spiro atoms. The maximum absolute atomic E-state index is 11.1. The van der Waals surface area contributed by atoms with Gasteiger partial charge in [0, 0.05) is 0 Å². The van der Waals surface area contributed by atoms with Crippen LogP contribution in [-0.4, -0.2) is 11.1 Å². The number of aromatic carboxylic acids is 1. The van der Waals surface area contributed by atoms with E-state index in [1.807, 2.05) is 12.1 Å². The summed E-state index contributed by atoms with van der Waals surface area (Å²) < 4.78 is 0. The Hall–Kier alpha value is -1.31. The van der Waals surface area contributed by atoms with Crippen molar-refractivity contribution in [3.8, 4) is 0 Å². The molecule has 2 nitrogen and oxygen atoms in total. The molecule has 1 N–H and O–H groups in total. The Labute approximate surface area is 90.9 Å². The molecular weight excluding hydrogens is 188 g/mol. The number of carbonyl (C=O) groups is 1. The molecule has 0 aliphatic heterocycles. The fourth-order valence-electron chi connectivity index (χ4n) is 1.82. The minimum absolute atomic E-state index is 0.475. The molecule has 1 rings (SSSR count). The summed E-state index contributed by atoms with van der Waals surface area (Å²) in [6.07, 6.45) is 3.93. The van der Waals surface area contributed by atoms with Gasteiger partial charge in [-0.2, -0.15) is 0 Å². The van der Waals surface area contributed by atoms with Gasteiger partial charge >= 0.3 is 5.97 Å². The number of carboxylic acid groups (broad SMARTS) is 1. The normalized spacial score (nSPS) is 10.3. The highest BCUT2D eigenvalue weighted by Crippen LogP contribution is 2.18. The average molecular weight is 206 g/mol. The Morgan fingerprint density at radius 2 is 2.07 bits per heavy atom. The van der Waals surface area contributed by atoms with Crippen molar-refractivity contribution in [3.63, 3.8) is 0 Å². The lowest BCUT2D eigenvalue weighted by Crippen LogP contribution is -2.05. The van der Waals surface area contributed by atoms with Gasteiger partial charge in [-0.3, -0.25) is 0 Å². The van der Waals surface area contributed by atoms with Crippen LogP contribution in [0.2, 0.25) is 0 Å². The number of carboxylic acids is 1. The van der Waals surface area contributed by atoms with Crippen molar-refractivity contribution in [1.29, 1.82) is 0 Å². The van der Waals surface area contributed by atoms with Crippen molar-refractivity contribution in [3.05, 3.63) is 34.9 Å². The number of rotatable bonds is 5. The highest BCUT2D eigenvalue weighted by Gasteiger charge is 2.11. The van der Waals surface area contributed by atoms with Gasteiger partial charge in [-0.05, 0) is 36.5 Å². The predicted molar refractivity (Wildman–Crippen MR) is 61.4 cm³/mol. The van der Waals surface area contributed by atoms with Gasteiger partial charge in [0.25, 0.3) is 0 Å². The third-order valence-corrected chi connectivity index (χ3v) is 2.66. The average Bonchev–Trinajstić information content (AvgIpc) is 2.25. The zero-order valence-corrected chi connectivity index (χ0v) is 9.42. The van der Waals surface area contributed by atoms with Crippen molar-refractivity contribution >= 4 is 5.97 Å². The lowest BCUT2D eigenvalue weighted by Gasteiger charge is -2.10. The number of benzene rings is 1. The zero-order chi connectivity index (χ0) is 11.3. The number of aryl methyl sites for hydroxylation is 1. The van der Waals surface area contributed by atoms with E-state index in [9.17, 15) is 4.79 Å². The lowest BCUT2D eigenvalue weighted by atomic mass is 9.95. The van der Waals surface area contributed by atoms with E-state index in [1.165, 1.54) is 5.56 Å². The monoisotopic (exact) mass is 206 g/mol. The van der Waals surface area contributed by atoms with Crippen molar-refractivity contribution in [2.75, 3.05) is 0 Å². The highest BCUT2D eigenvalue weighted by molar-refractivity contribution is 5.89. The van der Waals surface area contributed by atoms with Crippen LogP contribution < -0.4 is 0 Å². The van der Waals surface area contributed by atoms with Crippen LogP contribution in [0.15, 0.2) is 18.2 Å². The minimum atomic E-state index is -0.809. The summed E-state index contributed by atoms with van der Waals surface area (Å²) >= 11 is 0. The molecule has 0 unspecified atom stereocenters. The summed E-state index contributed by atoms with van der Waals surface area (Å²) in [4.78, 5) is 11.1. The Kier molecular flexibility index (Phi) is 4.35. The maximum atomic E-state index is 11.1. The molecule has 82 valence electrons. The molecule has 0 fully saturated rings. The minimum Gasteiger partial charge on any atom is -0.478 e. The molecule has 0 atom stereocenters. The molecule has 15 heavy (non-hydrogen) atoms. The first-order valence-electron chi connectivity index (χ1n) is 5.54. The van der Waals surface area contributed by atoms with Gasteiger partial charge < -0.3 is 5.11 Å². The topological polar surface area (TPSA) is 37.3 Å². The second kappa shape index (κ2) is 5.54. The van der Waals surface area contributed by atoms with Crippen molar-refractivity contribution in [1.82, 2.24) is 0 Å². The van der Waals surface area contributed by atoms with Gasteiger partial charge in [0.1, 0.15) is 0 Å². The molecule has 1 aromatic rings. The van der Waals surface area contributed by atoms with E-state index in [0.717, 1.165) is 31.2 Å². The zero-order valence-electron chi connectivity index (χ0n) is 9.42. The third-order valence-electron chi connectivity index (χ3n) is 2.66. The summed E-state index contributed by atoms with van der Waals surface area (Å²) in [6, 6.07) is 5.56. The van der Waals surface area contributed by atoms with E-state index >= 15 is 0 Å². The Morgan fingerprint density at radius 3 is 2.60 bits per heavy atom. The Morgan fingerprint density at radius 1 is 1.33 bits per heavy atom. The van der Waals surface area contributed by atoms with E-state index in [2.05, 4.69) is 13.8 Å². The molecule has 0 amide bonds. The predicted octanol–water partition coefficient (Wildman–Crippen LogP) is 3.29. The van der Waals surface area contributed by atoms with E-state index < -0.39 is 5.97 Å². The largest absolute Gasteiger partial charge is 0.478 e.